The number of amides is 2. The number of allylic oxidation sites excluding steroid dienone is 1. The van der Waals surface area contributed by atoms with Crippen LogP contribution in [-0.4, -0.2) is 50.7 Å². The number of hydrogen-bond donors (Lipinski definition) is 3. The first kappa shape index (κ1) is 29.7. The van der Waals surface area contributed by atoms with Gasteiger partial charge in [-0.2, -0.15) is 0 Å². The normalized spacial score (nSPS) is 16.8. The number of nitrogens with zero attached hydrogens (tertiary/aromatic N) is 4. The van der Waals surface area contributed by atoms with Crippen molar-refractivity contribution < 1.29 is 24.5 Å². The lowest BCUT2D eigenvalue weighted by molar-refractivity contribution is -0.139. The number of benzene rings is 3. The number of rotatable bonds is 12. The number of anilines is 2. The molecule has 3 N–H and O–H groups in total. The second-order valence-electron chi connectivity index (χ2n) is 10.5. The summed E-state index contributed by atoms with van der Waals surface area (Å²) in [5.41, 5.74) is 1.95. The summed E-state index contributed by atoms with van der Waals surface area (Å²) in [6.45, 7) is 2.61. The molecule has 0 spiro atoms. The van der Waals surface area contributed by atoms with Crippen molar-refractivity contribution in [1.29, 1.82) is 0 Å². The zero-order valence-electron chi connectivity index (χ0n) is 24.2. The Morgan fingerprint density at radius 1 is 1.12 bits per heavy atom. The van der Waals surface area contributed by atoms with Crippen molar-refractivity contribution in [3.8, 4) is 5.75 Å². The summed E-state index contributed by atoms with van der Waals surface area (Å²) >= 11 is 0. The van der Waals surface area contributed by atoms with Crippen molar-refractivity contribution in [3.63, 3.8) is 0 Å². The Bertz CT molecular complexity index is 1620. The van der Waals surface area contributed by atoms with Gasteiger partial charge in [-0.05, 0) is 54.4 Å². The molecule has 3 aromatic carbocycles. The average molecular weight is 582 g/mol. The van der Waals surface area contributed by atoms with Gasteiger partial charge < -0.3 is 25.2 Å². The van der Waals surface area contributed by atoms with Gasteiger partial charge in [0, 0.05) is 48.5 Å². The third-order valence-electron chi connectivity index (χ3n) is 7.60. The zero-order chi connectivity index (χ0) is 30.4. The van der Waals surface area contributed by atoms with Crippen molar-refractivity contribution in [3.05, 3.63) is 114 Å². The van der Waals surface area contributed by atoms with Gasteiger partial charge in [0.25, 0.3) is 11.8 Å². The average Bonchev–Trinajstić information content (AvgIpc) is 3.56. The molecule has 0 fully saturated rings. The molecule has 0 unspecified atom stereocenters. The molecule has 0 aliphatic carbocycles. The maximum atomic E-state index is 14.0. The van der Waals surface area contributed by atoms with Crippen LogP contribution in [-0.2, 0) is 29.9 Å². The van der Waals surface area contributed by atoms with Gasteiger partial charge in [0.1, 0.15) is 5.75 Å². The van der Waals surface area contributed by atoms with Gasteiger partial charge in [0.2, 0.25) is 0 Å². The predicted octanol–water partition coefficient (Wildman–Crippen LogP) is 4.09. The molecule has 0 saturated carbocycles. The molecule has 0 bridgehead atoms. The van der Waals surface area contributed by atoms with Crippen molar-refractivity contribution in [2.45, 2.75) is 38.5 Å². The van der Waals surface area contributed by atoms with Gasteiger partial charge in [-0.15, -0.1) is 5.10 Å². The molecule has 222 valence electrons. The number of aryl methyl sites for hydroxylation is 1. The van der Waals surface area contributed by atoms with E-state index in [1.165, 1.54) is 0 Å². The van der Waals surface area contributed by atoms with Crippen LogP contribution in [0.15, 0.2) is 91.1 Å². The fraction of sp³-hybridized carbons (Fsp3) is 0.273. The van der Waals surface area contributed by atoms with Crippen LogP contribution < -0.4 is 15.0 Å². The van der Waals surface area contributed by atoms with Gasteiger partial charge in [-0.3, -0.25) is 14.3 Å². The van der Waals surface area contributed by atoms with E-state index in [-0.39, 0.29) is 19.1 Å². The highest BCUT2D eigenvalue weighted by molar-refractivity contribution is 6.07. The van der Waals surface area contributed by atoms with Crippen LogP contribution in [0.3, 0.4) is 0 Å². The largest absolute Gasteiger partial charge is 0.497 e. The Balaban J connectivity index is 1.34. The number of aliphatic hydroxyl groups is 2. The minimum Gasteiger partial charge on any atom is -0.497 e. The predicted molar refractivity (Wildman–Crippen MR) is 163 cm³/mol. The third-order valence-corrected chi connectivity index (χ3v) is 7.60. The lowest BCUT2D eigenvalue weighted by Gasteiger charge is -2.28. The summed E-state index contributed by atoms with van der Waals surface area (Å²) in [7, 11) is 1.55. The smallest absolute Gasteiger partial charge is 0.264 e. The number of aliphatic hydroxyl groups excluding tert-OH is 1. The number of fused-ring (bicyclic) bond motifs is 1. The summed E-state index contributed by atoms with van der Waals surface area (Å²) in [6, 6.07) is 21.6. The number of carbonyl (C=O) groups is 2. The molecule has 0 saturated heterocycles. The summed E-state index contributed by atoms with van der Waals surface area (Å²) in [6.07, 6.45) is 6.63. The highest BCUT2D eigenvalue weighted by atomic mass is 16.5. The van der Waals surface area contributed by atoms with E-state index >= 15 is 0 Å². The summed E-state index contributed by atoms with van der Waals surface area (Å²) in [4.78, 5) is 28.2. The molecule has 43 heavy (non-hydrogen) atoms. The molecule has 10 heteroatoms. The Morgan fingerprint density at radius 2 is 1.93 bits per heavy atom. The van der Waals surface area contributed by atoms with Gasteiger partial charge >= 0.3 is 0 Å². The monoisotopic (exact) mass is 581 g/mol. The van der Waals surface area contributed by atoms with Crippen LogP contribution in [0.25, 0.3) is 0 Å². The first-order chi connectivity index (χ1) is 20.8. The Labute approximate surface area is 250 Å². The van der Waals surface area contributed by atoms with Crippen molar-refractivity contribution in [2.75, 3.05) is 23.9 Å². The molecule has 10 nitrogen and oxygen atoms in total. The summed E-state index contributed by atoms with van der Waals surface area (Å²) in [5, 5.41) is 32.1. The van der Waals surface area contributed by atoms with Crippen molar-refractivity contribution >= 4 is 23.2 Å². The highest BCUT2D eigenvalue weighted by Crippen LogP contribution is 2.47. The molecule has 5 rings (SSSR count). The van der Waals surface area contributed by atoms with E-state index in [0.29, 0.717) is 47.6 Å². The number of carbonyl (C=O) groups excluding carboxylic acids is 2. The van der Waals surface area contributed by atoms with E-state index in [4.69, 9.17) is 9.84 Å². The van der Waals surface area contributed by atoms with Crippen molar-refractivity contribution in [2.24, 2.45) is 5.92 Å². The van der Waals surface area contributed by atoms with Crippen molar-refractivity contribution in [1.82, 2.24) is 15.0 Å². The number of hydrogen-bond acceptors (Lipinski definition) is 7. The highest BCUT2D eigenvalue weighted by Gasteiger charge is 2.52. The number of nitrogens with one attached hydrogen (secondary N) is 1. The van der Waals surface area contributed by atoms with Gasteiger partial charge in [-0.1, -0.05) is 54.6 Å². The summed E-state index contributed by atoms with van der Waals surface area (Å²) < 4.78 is 7.13. The molecule has 0 radical (unpaired) electrons. The molecule has 2 heterocycles. The molecule has 1 aliphatic heterocycles. The van der Waals surface area contributed by atoms with E-state index in [1.54, 1.807) is 71.4 Å². The van der Waals surface area contributed by atoms with Gasteiger partial charge in [-0.25, -0.2) is 0 Å². The van der Waals surface area contributed by atoms with Crippen LogP contribution >= 0.6 is 0 Å². The fourth-order valence-electron chi connectivity index (χ4n) is 5.26. The van der Waals surface area contributed by atoms with E-state index in [0.717, 1.165) is 11.3 Å². The number of ether oxygens (including phenoxy) is 1. The lowest BCUT2D eigenvalue weighted by atomic mass is 9.83. The second-order valence-corrected chi connectivity index (χ2v) is 10.5. The lowest BCUT2D eigenvalue weighted by Crippen LogP contribution is -2.44. The maximum absolute atomic E-state index is 14.0. The SMILES string of the molecule is COc1ccc2c(c1)[C@@](O)([C@H](C)/C=C/CCn1cc(CCO)nn1)C(=O)N2Cc1cccc(NC(=O)c2ccccc2)c1. The first-order valence-electron chi connectivity index (χ1n) is 14.2. The fourth-order valence-corrected chi connectivity index (χ4v) is 5.26. The van der Waals surface area contributed by atoms with Gasteiger partial charge in [0.15, 0.2) is 5.60 Å². The zero-order valence-corrected chi connectivity index (χ0v) is 24.2. The quantitative estimate of drug-likeness (QED) is 0.215. The van der Waals surface area contributed by atoms with Crippen LogP contribution in [0.5, 0.6) is 5.75 Å². The minimum atomic E-state index is -1.80. The molecule has 1 aromatic heterocycles. The van der Waals surface area contributed by atoms with E-state index in [2.05, 4.69) is 15.6 Å². The molecule has 4 aromatic rings. The Hall–Kier alpha value is -4.80. The van der Waals surface area contributed by atoms with E-state index < -0.39 is 17.4 Å². The molecule has 2 atom stereocenters. The van der Waals surface area contributed by atoms with Crippen LogP contribution in [0.4, 0.5) is 11.4 Å². The third kappa shape index (κ3) is 6.35. The Kier molecular flexibility index (Phi) is 8.98. The number of methoxy groups -OCH3 is 1. The molecule has 1 aliphatic rings. The standard InChI is InChI=1S/C33H35N5O5/c1-23(9-6-7-17-37-22-27(16-18-39)35-36-37)33(42)29-20-28(43-2)14-15-30(29)38(32(33)41)21-24-10-8-13-26(19-24)34-31(40)25-11-4-3-5-12-25/h3-6,8-15,19-20,22-23,39,42H,7,16-18,21H2,1-2H3,(H,34,40)/b9-6+/t23-,33+/m1/s1. The Morgan fingerprint density at radius 3 is 2.70 bits per heavy atom. The summed E-state index contributed by atoms with van der Waals surface area (Å²) in [5.74, 6) is -0.667. The van der Waals surface area contributed by atoms with E-state index in [1.807, 2.05) is 43.3 Å². The topological polar surface area (TPSA) is 130 Å². The van der Waals surface area contributed by atoms with Gasteiger partial charge in [0.05, 0.1) is 25.0 Å². The van der Waals surface area contributed by atoms with Crippen LogP contribution in [0, 0.1) is 5.92 Å². The molecular formula is C33H35N5O5. The molecule has 2 amide bonds. The first-order valence-corrected chi connectivity index (χ1v) is 14.2. The second kappa shape index (κ2) is 13.0. The van der Waals surface area contributed by atoms with Crippen LogP contribution in [0.2, 0.25) is 0 Å². The van der Waals surface area contributed by atoms with E-state index in [9.17, 15) is 14.7 Å². The maximum Gasteiger partial charge on any atom is 0.264 e. The number of aromatic nitrogens is 3. The minimum absolute atomic E-state index is 0.0161. The van der Waals surface area contributed by atoms with Crippen LogP contribution in [0.1, 0.15) is 40.5 Å². The molecular weight excluding hydrogens is 546 g/mol.